The molecule has 24 heavy (non-hydrogen) atoms. The van der Waals surface area contributed by atoms with Crippen molar-refractivity contribution in [3.63, 3.8) is 0 Å². The third-order valence-electron chi connectivity index (χ3n) is 4.47. The maximum atomic E-state index is 12.2. The molecule has 0 atom stereocenters. The van der Waals surface area contributed by atoms with Crippen LogP contribution >= 0.6 is 0 Å². The van der Waals surface area contributed by atoms with Gasteiger partial charge < -0.3 is 10.2 Å². The number of nitrogens with zero attached hydrogens (tertiary/aromatic N) is 3. The second-order valence-corrected chi connectivity index (χ2v) is 6.27. The van der Waals surface area contributed by atoms with Gasteiger partial charge in [-0.2, -0.15) is 0 Å². The number of pyridine rings is 1. The van der Waals surface area contributed by atoms with E-state index in [0.717, 1.165) is 32.7 Å². The maximum Gasteiger partial charge on any atom is 0.253 e. The molecule has 1 aromatic carbocycles. The molecule has 1 fully saturated rings. The lowest BCUT2D eigenvalue weighted by Crippen LogP contribution is -2.44. The van der Waals surface area contributed by atoms with Gasteiger partial charge in [0.25, 0.3) is 5.91 Å². The van der Waals surface area contributed by atoms with Gasteiger partial charge in [0.2, 0.25) is 0 Å². The fourth-order valence-corrected chi connectivity index (χ4v) is 2.91. The van der Waals surface area contributed by atoms with E-state index >= 15 is 0 Å². The molecule has 1 aromatic heterocycles. The third kappa shape index (κ3) is 4.40. The summed E-state index contributed by atoms with van der Waals surface area (Å²) in [6.45, 7) is 5.88. The lowest BCUT2D eigenvalue weighted by molar-refractivity contribution is 0.0950. The fraction of sp³-hybridized carbons (Fsp3) is 0.368. The Kier molecular flexibility index (Phi) is 5.56. The second-order valence-electron chi connectivity index (χ2n) is 6.27. The van der Waals surface area contributed by atoms with E-state index in [2.05, 4.69) is 45.3 Å². The average molecular weight is 324 g/mol. The molecule has 1 saturated heterocycles. The predicted octanol–water partition coefficient (Wildman–Crippen LogP) is 1.76. The Morgan fingerprint density at radius 2 is 1.83 bits per heavy atom. The van der Waals surface area contributed by atoms with Gasteiger partial charge in [-0.1, -0.05) is 24.3 Å². The first-order valence-electron chi connectivity index (χ1n) is 8.38. The number of carbonyl (C=O) groups excluding carboxylic acids is 1. The summed E-state index contributed by atoms with van der Waals surface area (Å²) in [6.07, 6.45) is 3.26. The number of carbonyl (C=O) groups is 1. The number of rotatable bonds is 5. The van der Waals surface area contributed by atoms with Crippen molar-refractivity contribution in [2.45, 2.75) is 13.1 Å². The average Bonchev–Trinajstić information content (AvgIpc) is 2.63. The number of piperazine rings is 1. The van der Waals surface area contributed by atoms with Crippen LogP contribution in [-0.2, 0) is 13.1 Å². The smallest absolute Gasteiger partial charge is 0.253 e. The Bertz CT molecular complexity index is 666. The quantitative estimate of drug-likeness (QED) is 0.910. The zero-order valence-corrected chi connectivity index (χ0v) is 14.1. The summed E-state index contributed by atoms with van der Waals surface area (Å²) in [6, 6.07) is 11.9. The van der Waals surface area contributed by atoms with Crippen LogP contribution in [0.25, 0.3) is 0 Å². The molecule has 0 spiro atoms. The van der Waals surface area contributed by atoms with Crippen LogP contribution in [0.15, 0.2) is 48.8 Å². The van der Waals surface area contributed by atoms with Gasteiger partial charge in [-0.05, 0) is 30.3 Å². The van der Waals surface area contributed by atoms with Gasteiger partial charge in [0.1, 0.15) is 0 Å². The predicted molar refractivity (Wildman–Crippen MR) is 94.6 cm³/mol. The summed E-state index contributed by atoms with van der Waals surface area (Å²) >= 11 is 0. The van der Waals surface area contributed by atoms with Crippen LogP contribution in [0.4, 0.5) is 0 Å². The lowest BCUT2D eigenvalue weighted by Gasteiger charge is -2.32. The molecule has 0 radical (unpaired) electrons. The van der Waals surface area contributed by atoms with E-state index in [1.807, 2.05) is 6.07 Å². The van der Waals surface area contributed by atoms with Gasteiger partial charge in [-0.3, -0.25) is 14.7 Å². The summed E-state index contributed by atoms with van der Waals surface area (Å²) in [7, 11) is 2.17. The molecular weight excluding hydrogens is 300 g/mol. The van der Waals surface area contributed by atoms with Gasteiger partial charge in [-0.15, -0.1) is 0 Å². The highest BCUT2D eigenvalue weighted by Crippen LogP contribution is 2.13. The molecule has 1 amide bonds. The summed E-state index contributed by atoms with van der Waals surface area (Å²) in [5, 5.41) is 2.99. The van der Waals surface area contributed by atoms with Crippen LogP contribution in [0.5, 0.6) is 0 Å². The zero-order valence-electron chi connectivity index (χ0n) is 14.1. The number of amides is 1. The molecule has 0 unspecified atom stereocenters. The van der Waals surface area contributed by atoms with E-state index in [9.17, 15) is 4.79 Å². The van der Waals surface area contributed by atoms with Crippen LogP contribution in [0.3, 0.4) is 0 Å². The van der Waals surface area contributed by atoms with Crippen LogP contribution in [0.2, 0.25) is 0 Å². The van der Waals surface area contributed by atoms with Crippen molar-refractivity contribution in [1.82, 2.24) is 20.1 Å². The first kappa shape index (κ1) is 16.6. The number of aromatic nitrogens is 1. The summed E-state index contributed by atoms with van der Waals surface area (Å²) < 4.78 is 0. The minimum Gasteiger partial charge on any atom is -0.348 e. The maximum absolute atomic E-state index is 12.2. The zero-order chi connectivity index (χ0) is 16.8. The van der Waals surface area contributed by atoms with Crippen LogP contribution < -0.4 is 5.32 Å². The minimum atomic E-state index is -0.0856. The van der Waals surface area contributed by atoms with E-state index < -0.39 is 0 Å². The molecule has 1 aliphatic heterocycles. The minimum absolute atomic E-state index is 0.0856. The summed E-state index contributed by atoms with van der Waals surface area (Å²) in [4.78, 5) is 21.0. The molecule has 1 aliphatic rings. The molecule has 0 saturated carbocycles. The number of nitrogens with one attached hydrogen (secondary N) is 1. The molecular formula is C19H24N4O. The molecule has 3 rings (SSSR count). The van der Waals surface area contributed by atoms with E-state index in [-0.39, 0.29) is 5.91 Å². The van der Waals surface area contributed by atoms with Crippen molar-refractivity contribution in [2.24, 2.45) is 0 Å². The van der Waals surface area contributed by atoms with E-state index in [4.69, 9.17) is 0 Å². The SMILES string of the molecule is CN1CCN(Cc2ccccc2CNC(=O)c2cccnc2)CC1. The molecule has 5 nitrogen and oxygen atoms in total. The Hall–Kier alpha value is -2.24. The first-order chi connectivity index (χ1) is 11.7. The van der Waals surface area contributed by atoms with E-state index in [0.29, 0.717) is 12.1 Å². The van der Waals surface area contributed by atoms with Gasteiger partial charge in [0.05, 0.1) is 5.56 Å². The van der Waals surface area contributed by atoms with Crippen molar-refractivity contribution in [3.05, 3.63) is 65.5 Å². The Morgan fingerprint density at radius 1 is 1.08 bits per heavy atom. The molecule has 2 aromatic rings. The van der Waals surface area contributed by atoms with Crippen molar-refractivity contribution in [1.29, 1.82) is 0 Å². The summed E-state index contributed by atoms with van der Waals surface area (Å²) in [5.74, 6) is -0.0856. The van der Waals surface area contributed by atoms with Crippen LogP contribution in [-0.4, -0.2) is 53.9 Å². The van der Waals surface area contributed by atoms with Crippen LogP contribution in [0, 0.1) is 0 Å². The van der Waals surface area contributed by atoms with Crippen LogP contribution in [0.1, 0.15) is 21.5 Å². The highest BCUT2D eigenvalue weighted by molar-refractivity contribution is 5.93. The first-order valence-corrected chi connectivity index (χ1v) is 8.38. The number of hydrogen-bond acceptors (Lipinski definition) is 4. The molecule has 5 heteroatoms. The van der Waals surface area contributed by atoms with Gasteiger partial charge >= 0.3 is 0 Å². The van der Waals surface area contributed by atoms with E-state index in [1.165, 1.54) is 11.1 Å². The second kappa shape index (κ2) is 8.04. The standard InChI is InChI=1S/C19H24N4O/c1-22-9-11-23(12-10-22)15-18-6-3-2-5-16(18)14-21-19(24)17-7-4-8-20-13-17/h2-8,13H,9-12,14-15H2,1H3,(H,21,24). The van der Waals surface area contributed by atoms with Gasteiger partial charge in [0, 0.05) is 51.7 Å². The van der Waals surface area contributed by atoms with E-state index in [1.54, 1.807) is 24.5 Å². The highest BCUT2D eigenvalue weighted by atomic mass is 16.1. The summed E-state index contributed by atoms with van der Waals surface area (Å²) in [5.41, 5.74) is 3.05. The fourth-order valence-electron chi connectivity index (χ4n) is 2.91. The van der Waals surface area contributed by atoms with Gasteiger partial charge in [0.15, 0.2) is 0 Å². The number of benzene rings is 1. The molecule has 126 valence electrons. The third-order valence-corrected chi connectivity index (χ3v) is 4.47. The number of hydrogen-bond donors (Lipinski definition) is 1. The Labute approximate surface area is 143 Å². The van der Waals surface area contributed by atoms with Gasteiger partial charge in [-0.25, -0.2) is 0 Å². The number of likely N-dealkylation sites (N-methyl/N-ethyl adjacent to an activating group) is 1. The topological polar surface area (TPSA) is 48.5 Å². The molecule has 0 bridgehead atoms. The molecule has 0 aliphatic carbocycles. The largest absolute Gasteiger partial charge is 0.348 e. The van der Waals surface area contributed by atoms with Crippen molar-refractivity contribution < 1.29 is 4.79 Å². The van der Waals surface area contributed by atoms with Crippen molar-refractivity contribution in [2.75, 3.05) is 33.2 Å². The lowest BCUT2D eigenvalue weighted by atomic mass is 10.1. The Balaban J connectivity index is 1.61. The molecule has 1 N–H and O–H groups in total. The van der Waals surface area contributed by atoms with Crippen molar-refractivity contribution in [3.8, 4) is 0 Å². The highest BCUT2D eigenvalue weighted by Gasteiger charge is 2.15. The molecule has 2 heterocycles. The normalized spacial score (nSPS) is 16.0. The van der Waals surface area contributed by atoms with Crippen molar-refractivity contribution >= 4 is 5.91 Å². The Morgan fingerprint density at radius 3 is 2.54 bits per heavy atom. The monoisotopic (exact) mass is 324 g/mol.